The molecule has 0 bridgehead atoms. The molecule has 2 unspecified atom stereocenters. The molecule has 0 spiro atoms. The highest BCUT2D eigenvalue weighted by Crippen LogP contribution is 2.26. The van der Waals surface area contributed by atoms with E-state index in [4.69, 9.17) is 16.3 Å². The highest BCUT2D eigenvalue weighted by molar-refractivity contribution is 6.31. The molecule has 1 saturated heterocycles. The van der Waals surface area contributed by atoms with Crippen LogP contribution in [0.15, 0.2) is 18.2 Å². The topological polar surface area (TPSA) is 49.9 Å². The summed E-state index contributed by atoms with van der Waals surface area (Å²) in [7, 11) is 1.95. The Bertz CT molecular complexity index is 540. The lowest BCUT2D eigenvalue weighted by Crippen LogP contribution is -2.31. The fourth-order valence-electron chi connectivity index (χ4n) is 2.29. The molecule has 3 rings (SSSR count). The van der Waals surface area contributed by atoms with Gasteiger partial charge in [0.1, 0.15) is 5.82 Å². The number of nitrogens with zero attached hydrogens (tertiary/aromatic N) is 1. The minimum atomic E-state index is 0.283. The minimum Gasteiger partial charge on any atom is -0.379 e. The second-order valence-electron chi connectivity index (χ2n) is 4.32. The van der Waals surface area contributed by atoms with Gasteiger partial charge in [-0.05, 0) is 25.2 Å². The van der Waals surface area contributed by atoms with Crippen LogP contribution in [-0.2, 0) is 4.74 Å². The van der Waals surface area contributed by atoms with Crippen molar-refractivity contribution in [2.75, 3.05) is 20.3 Å². The number of imidazole rings is 1. The van der Waals surface area contributed by atoms with Gasteiger partial charge in [0.15, 0.2) is 0 Å². The van der Waals surface area contributed by atoms with Crippen molar-refractivity contribution in [3.05, 3.63) is 29.0 Å². The Hall–Kier alpha value is -1.10. The largest absolute Gasteiger partial charge is 0.379 e. The molecular formula is C12H14ClN3O. The number of rotatable bonds is 2. The number of hydrogen-bond donors (Lipinski definition) is 2. The number of hydrogen-bond acceptors (Lipinski definition) is 3. The summed E-state index contributed by atoms with van der Waals surface area (Å²) in [6.07, 6.45) is 0. The van der Waals surface area contributed by atoms with Crippen molar-refractivity contribution in [2.45, 2.75) is 12.0 Å². The van der Waals surface area contributed by atoms with Gasteiger partial charge in [-0.1, -0.05) is 11.6 Å². The van der Waals surface area contributed by atoms with Gasteiger partial charge < -0.3 is 15.0 Å². The van der Waals surface area contributed by atoms with E-state index in [1.807, 2.05) is 25.2 Å². The van der Waals surface area contributed by atoms with Crippen LogP contribution < -0.4 is 5.32 Å². The molecule has 2 aromatic rings. The third-order valence-corrected chi connectivity index (χ3v) is 3.50. The minimum absolute atomic E-state index is 0.283. The van der Waals surface area contributed by atoms with Crippen molar-refractivity contribution in [3.63, 3.8) is 0 Å². The van der Waals surface area contributed by atoms with E-state index in [1.165, 1.54) is 0 Å². The van der Waals surface area contributed by atoms with Crippen LogP contribution in [0.3, 0.4) is 0 Å². The highest BCUT2D eigenvalue weighted by Gasteiger charge is 2.30. The monoisotopic (exact) mass is 251 g/mol. The second-order valence-corrected chi connectivity index (χ2v) is 4.76. The summed E-state index contributed by atoms with van der Waals surface area (Å²) in [5.74, 6) is 1.25. The van der Waals surface area contributed by atoms with Gasteiger partial charge in [-0.2, -0.15) is 0 Å². The fraction of sp³-hybridized carbons (Fsp3) is 0.417. The van der Waals surface area contributed by atoms with E-state index >= 15 is 0 Å². The maximum absolute atomic E-state index is 5.96. The first-order chi connectivity index (χ1) is 8.28. The molecule has 0 amide bonds. The third-order valence-electron chi connectivity index (χ3n) is 3.26. The predicted molar refractivity (Wildman–Crippen MR) is 67.5 cm³/mol. The number of halogens is 1. The molecular weight excluding hydrogens is 238 g/mol. The average molecular weight is 252 g/mol. The molecule has 1 aromatic carbocycles. The lowest BCUT2D eigenvalue weighted by molar-refractivity contribution is 0.188. The summed E-state index contributed by atoms with van der Waals surface area (Å²) in [4.78, 5) is 7.93. The van der Waals surface area contributed by atoms with Gasteiger partial charge in [-0.15, -0.1) is 0 Å². The number of aromatic nitrogens is 2. The quantitative estimate of drug-likeness (QED) is 0.857. The van der Waals surface area contributed by atoms with Crippen LogP contribution in [0.25, 0.3) is 11.0 Å². The number of fused-ring (bicyclic) bond motifs is 1. The van der Waals surface area contributed by atoms with Crippen LogP contribution >= 0.6 is 11.6 Å². The highest BCUT2D eigenvalue weighted by atomic mass is 35.5. The SMILES string of the molecule is CNC1COCC1c1nc2ccc(Cl)cc2[nH]1. The van der Waals surface area contributed by atoms with Crippen molar-refractivity contribution in [2.24, 2.45) is 0 Å². The van der Waals surface area contributed by atoms with E-state index < -0.39 is 0 Å². The number of aromatic amines is 1. The van der Waals surface area contributed by atoms with Crippen molar-refractivity contribution in [1.82, 2.24) is 15.3 Å². The van der Waals surface area contributed by atoms with Crippen molar-refractivity contribution < 1.29 is 4.74 Å². The van der Waals surface area contributed by atoms with Gasteiger partial charge in [-0.3, -0.25) is 0 Å². The Morgan fingerprint density at radius 1 is 1.47 bits per heavy atom. The van der Waals surface area contributed by atoms with Gasteiger partial charge in [0.25, 0.3) is 0 Å². The summed E-state index contributed by atoms with van der Waals surface area (Å²) in [5.41, 5.74) is 1.93. The van der Waals surface area contributed by atoms with E-state index in [0.29, 0.717) is 12.6 Å². The third kappa shape index (κ3) is 1.92. The van der Waals surface area contributed by atoms with Gasteiger partial charge >= 0.3 is 0 Å². The van der Waals surface area contributed by atoms with Gasteiger partial charge in [0, 0.05) is 11.1 Å². The standard InChI is InChI=1S/C12H14ClN3O/c1-14-11-6-17-5-8(11)12-15-9-3-2-7(13)4-10(9)16-12/h2-4,8,11,14H,5-6H2,1H3,(H,15,16). The Labute approximate surface area is 104 Å². The number of ether oxygens (including phenoxy) is 1. The summed E-state index contributed by atoms with van der Waals surface area (Å²) < 4.78 is 5.49. The van der Waals surface area contributed by atoms with E-state index in [0.717, 1.165) is 28.5 Å². The number of benzene rings is 1. The molecule has 0 saturated carbocycles. The molecule has 1 aliphatic heterocycles. The van der Waals surface area contributed by atoms with E-state index in [9.17, 15) is 0 Å². The first-order valence-electron chi connectivity index (χ1n) is 5.68. The second kappa shape index (κ2) is 4.29. The van der Waals surface area contributed by atoms with Gasteiger partial charge in [-0.25, -0.2) is 4.98 Å². The molecule has 1 aromatic heterocycles. The molecule has 2 N–H and O–H groups in total. The predicted octanol–water partition coefficient (Wildman–Crippen LogP) is 1.92. The molecule has 90 valence electrons. The van der Waals surface area contributed by atoms with E-state index in [2.05, 4.69) is 15.3 Å². The number of H-pyrrole nitrogens is 1. The Morgan fingerprint density at radius 3 is 3.18 bits per heavy atom. The summed E-state index contributed by atoms with van der Waals surface area (Å²) >= 11 is 5.96. The van der Waals surface area contributed by atoms with Crippen LogP contribution in [0.1, 0.15) is 11.7 Å². The lowest BCUT2D eigenvalue weighted by atomic mass is 10.0. The molecule has 2 heterocycles. The molecule has 17 heavy (non-hydrogen) atoms. The van der Waals surface area contributed by atoms with Gasteiger partial charge in [0.05, 0.1) is 30.2 Å². The Balaban J connectivity index is 2.00. The van der Waals surface area contributed by atoms with E-state index in [-0.39, 0.29) is 5.92 Å². The number of likely N-dealkylation sites (N-methyl/N-ethyl adjacent to an activating group) is 1. The van der Waals surface area contributed by atoms with Crippen LogP contribution in [0.5, 0.6) is 0 Å². The molecule has 0 radical (unpaired) electrons. The average Bonchev–Trinajstić information content (AvgIpc) is 2.93. The van der Waals surface area contributed by atoms with Crippen LogP contribution in [0.2, 0.25) is 5.02 Å². The maximum atomic E-state index is 5.96. The Kier molecular flexibility index (Phi) is 2.78. The Morgan fingerprint density at radius 2 is 2.35 bits per heavy atom. The molecule has 0 aliphatic carbocycles. The molecule has 1 fully saturated rings. The zero-order valence-corrected chi connectivity index (χ0v) is 10.3. The lowest BCUT2D eigenvalue weighted by Gasteiger charge is -2.13. The summed E-state index contributed by atoms with van der Waals surface area (Å²) in [6.45, 7) is 1.44. The van der Waals surface area contributed by atoms with E-state index in [1.54, 1.807) is 0 Å². The van der Waals surface area contributed by atoms with Crippen molar-refractivity contribution in [1.29, 1.82) is 0 Å². The summed E-state index contributed by atoms with van der Waals surface area (Å²) in [5, 5.41) is 3.98. The molecule has 4 nitrogen and oxygen atoms in total. The zero-order chi connectivity index (χ0) is 11.8. The first-order valence-corrected chi connectivity index (χ1v) is 6.06. The summed E-state index contributed by atoms with van der Waals surface area (Å²) in [6, 6.07) is 6.01. The van der Waals surface area contributed by atoms with Crippen molar-refractivity contribution >= 4 is 22.6 Å². The molecule has 2 atom stereocenters. The number of nitrogens with one attached hydrogen (secondary N) is 2. The van der Waals surface area contributed by atoms with Crippen molar-refractivity contribution in [3.8, 4) is 0 Å². The maximum Gasteiger partial charge on any atom is 0.114 e. The zero-order valence-electron chi connectivity index (χ0n) is 9.53. The van der Waals surface area contributed by atoms with Crippen LogP contribution in [0, 0.1) is 0 Å². The van der Waals surface area contributed by atoms with Crippen LogP contribution in [-0.4, -0.2) is 36.3 Å². The molecule has 5 heteroatoms. The molecule has 1 aliphatic rings. The fourth-order valence-corrected chi connectivity index (χ4v) is 2.46. The first kappa shape index (κ1) is 11.0. The van der Waals surface area contributed by atoms with Crippen LogP contribution in [0.4, 0.5) is 0 Å². The smallest absolute Gasteiger partial charge is 0.114 e. The van der Waals surface area contributed by atoms with Gasteiger partial charge in [0.2, 0.25) is 0 Å². The normalized spacial score (nSPS) is 24.6.